The lowest BCUT2D eigenvalue weighted by Crippen LogP contribution is -1.96. The fourth-order valence-corrected chi connectivity index (χ4v) is 2.16. The number of aromatic nitrogens is 2. The van der Waals surface area contributed by atoms with Crippen LogP contribution in [-0.2, 0) is 6.42 Å². The molecule has 78 valence electrons. The van der Waals surface area contributed by atoms with Gasteiger partial charge in [-0.3, -0.25) is 0 Å². The molecule has 15 heavy (non-hydrogen) atoms. The van der Waals surface area contributed by atoms with Crippen molar-refractivity contribution in [2.24, 2.45) is 0 Å². The minimum absolute atomic E-state index is 0.532. The monoisotopic (exact) mass is 284 g/mol. The second-order valence-corrected chi connectivity index (χ2v) is 4.53. The van der Waals surface area contributed by atoms with E-state index in [1.807, 2.05) is 18.2 Å². The van der Waals surface area contributed by atoms with Crippen LogP contribution < -0.4 is 0 Å². The maximum Gasteiger partial charge on any atom is 0.140 e. The summed E-state index contributed by atoms with van der Waals surface area (Å²) in [6.45, 7) is 2.10. The number of aryl methyl sites for hydroxylation is 1. The molecule has 1 aromatic heterocycles. The number of halogens is 2. The lowest BCUT2D eigenvalue weighted by atomic mass is 10.2. The van der Waals surface area contributed by atoms with Gasteiger partial charge in [0.15, 0.2) is 0 Å². The first-order valence-electron chi connectivity index (χ1n) is 4.83. The molecule has 0 aliphatic carbocycles. The summed E-state index contributed by atoms with van der Waals surface area (Å²) >= 11 is 9.57. The number of hydrogen-bond donors (Lipinski definition) is 0. The number of benzene rings is 1. The van der Waals surface area contributed by atoms with Gasteiger partial charge in [0.2, 0.25) is 0 Å². The van der Waals surface area contributed by atoms with Crippen LogP contribution >= 0.6 is 27.5 Å². The predicted molar refractivity (Wildman–Crippen MR) is 66.2 cm³/mol. The van der Waals surface area contributed by atoms with Gasteiger partial charge in [-0.15, -0.1) is 0 Å². The van der Waals surface area contributed by atoms with Crippen LogP contribution in [0.25, 0.3) is 10.9 Å². The van der Waals surface area contributed by atoms with Crippen molar-refractivity contribution in [3.8, 4) is 0 Å². The number of para-hydroxylation sites is 1. The predicted octanol–water partition coefficient (Wildman–Crippen LogP) is 4.00. The van der Waals surface area contributed by atoms with Crippen molar-refractivity contribution in [1.82, 2.24) is 9.97 Å². The van der Waals surface area contributed by atoms with Crippen molar-refractivity contribution in [1.29, 1.82) is 0 Å². The third-order valence-electron chi connectivity index (χ3n) is 2.15. The zero-order valence-electron chi connectivity index (χ0n) is 8.30. The van der Waals surface area contributed by atoms with E-state index in [9.17, 15) is 0 Å². The van der Waals surface area contributed by atoms with Crippen molar-refractivity contribution >= 4 is 38.4 Å². The summed E-state index contributed by atoms with van der Waals surface area (Å²) < 4.78 is 0.960. The normalized spacial score (nSPS) is 10.9. The van der Waals surface area contributed by atoms with E-state index in [1.165, 1.54) is 0 Å². The van der Waals surface area contributed by atoms with Gasteiger partial charge in [0.1, 0.15) is 11.0 Å². The molecule has 0 spiro atoms. The molecule has 1 heterocycles. The molecule has 0 aliphatic rings. The van der Waals surface area contributed by atoms with Crippen molar-refractivity contribution in [2.75, 3.05) is 0 Å². The van der Waals surface area contributed by atoms with Gasteiger partial charge in [-0.05, 0) is 34.5 Å². The molecule has 0 atom stereocenters. The van der Waals surface area contributed by atoms with Crippen LogP contribution in [-0.4, -0.2) is 9.97 Å². The second kappa shape index (κ2) is 4.45. The van der Waals surface area contributed by atoms with Crippen LogP contribution in [0.4, 0.5) is 0 Å². The molecule has 2 rings (SSSR count). The van der Waals surface area contributed by atoms with Crippen molar-refractivity contribution < 1.29 is 0 Å². The van der Waals surface area contributed by atoms with Gasteiger partial charge in [-0.2, -0.15) is 0 Å². The van der Waals surface area contributed by atoms with Crippen LogP contribution in [0.2, 0.25) is 5.15 Å². The summed E-state index contributed by atoms with van der Waals surface area (Å²) in [6, 6.07) is 5.82. The first kappa shape index (κ1) is 10.8. The Kier molecular flexibility index (Phi) is 3.22. The summed E-state index contributed by atoms with van der Waals surface area (Å²) in [6.07, 6.45) is 1.88. The molecule has 2 nitrogen and oxygen atoms in total. The minimum Gasteiger partial charge on any atom is -0.232 e. The largest absolute Gasteiger partial charge is 0.232 e. The topological polar surface area (TPSA) is 25.8 Å². The third-order valence-corrected chi connectivity index (χ3v) is 3.08. The highest BCUT2D eigenvalue weighted by Gasteiger charge is 2.07. The quantitative estimate of drug-likeness (QED) is 0.780. The van der Waals surface area contributed by atoms with E-state index < -0.39 is 0 Å². The average molecular weight is 286 g/mol. The number of nitrogens with zero attached hydrogens (tertiary/aromatic N) is 2. The Morgan fingerprint density at radius 1 is 1.33 bits per heavy atom. The second-order valence-electron chi connectivity index (χ2n) is 3.32. The molecule has 0 N–H and O–H groups in total. The van der Waals surface area contributed by atoms with E-state index in [1.54, 1.807) is 0 Å². The Bertz CT molecular complexity index is 499. The summed E-state index contributed by atoms with van der Waals surface area (Å²) in [5.74, 6) is 0.807. The maximum absolute atomic E-state index is 6.10. The average Bonchev–Trinajstić information content (AvgIpc) is 2.20. The van der Waals surface area contributed by atoms with Crippen LogP contribution in [0.1, 0.15) is 19.2 Å². The molecule has 0 amide bonds. The molecular formula is C11H10BrClN2. The van der Waals surface area contributed by atoms with Gasteiger partial charge in [0.05, 0.1) is 5.52 Å². The zero-order valence-corrected chi connectivity index (χ0v) is 10.6. The van der Waals surface area contributed by atoms with Crippen LogP contribution in [0.5, 0.6) is 0 Å². The molecule has 0 saturated carbocycles. The van der Waals surface area contributed by atoms with Gasteiger partial charge in [0, 0.05) is 16.3 Å². The van der Waals surface area contributed by atoms with E-state index in [2.05, 4.69) is 32.8 Å². The van der Waals surface area contributed by atoms with Crippen LogP contribution in [0, 0.1) is 0 Å². The smallest absolute Gasteiger partial charge is 0.140 e. The first-order chi connectivity index (χ1) is 7.22. The highest BCUT2D eigenvalue weighted by molar-refractivity contribution is 9.10. The summed E-state index contributed by atoms with van der Waals surface area (Å²) in [4.78, 5) is 8.75. The first-order valence-corrected chi connectivity index (χ1v) is 6.00. The maximum atomic E-state index is 6.10. The van der Waals surface area contributed by atoms with Gasteiger partial charge in [-0.1, -0.05) is 24.6 Å². The molecule has 0 unspecified atom stereocenters. The molecule has 0 saturated heterocycles. The summed E-state index contributed by atoms with van der Waals surface area (Å²) in [5.41, 5.74) is 0.890. The lowest BCUT2D eigenvalue weighted by Gasteiger charge is -2.04. The van der Waals surface area contributed by atoms with Gasteiger partial charge in [-0.25, -0.2) is 9.97 Å². The molecule has 2 aromatic rings. The number of fused-ring (bicyclic) bond motifs is 1. The van der Waals surface area contributed by atoms with Crippen molar-refractivity contribution in [3.05, 3.63) is 33.6 Å². The lowest BCUT2D eigenvalue weighted by molar-refractivity contribution is 0.844. The number of hydrogen-bond acceptors (Lipinski definition) is 2. The SMILES string of the molecule is CCCc1nc(Cl)c2cccc(Br)c2n1. The fourth-order valence-electron chi connectivity index (χ4n) is 1.46. The van der Waals surface area contributed by atoms with E-state index in [0.717, 1.165) is 34.0 Å². The standard InChI is InChI=1S/C11H10BrClN2/c1-2-4-9-14-10-7(11(13)15-9)5-3-6-8(10)12/h3,5-6H,2,4H2,1H3. The highest BCUT2D eigenvalue weighted by atomic mass is 79.9. The van der Waals surface area contributed by atoms with Gasteiger partial charge in [0.25, 0.3) is 0 Å². The van der Waals surface area contributed by atoms with Crippen molar-refractivity contribution in [2.45, 2.75) is 19.8 Å². The Morgan fingerprint density at radius 2 is 2.13 bits per heavy atom. The van der Waals surface area contributed by atoms with Gasteiger partial charge < -0.3 is 0 Å². The van der Waals surface area contributed by atoms with Gasteiger partial charge >= 0.3 is 0 Å². The molecule has 0 radical (unpaired) electrons. The van der Waals surface area contributed by atoms with Crippen molar-refractivity contribution in [3.63, 3.8) is 0 Å². The Balaban J connectivity index is 2.68. The Morgan fingerprint density at radius 3 is 2.87 bits per heavy atom. The highest BCUT2D eigenvalue weighted by Crippen LogP contribution is 2.26. The summed E-state index contributed by atoms with van der Waals surface area (Å²) in [5, 5.41) is 1.43. The van der Waals surface area contributed by atoms with E-state index in [-0.39, 0.29) is 0 Å². The molecule has 0 fully saturated rings. The minimum atomic E-state index is 0.532. The molecular weight excluding hydrogens is 275 g/mol. The molecule has 4 heteroatoms. The van der Waals surface area contributed by atoms with E-state index >= 15 is 0 Å². The van der Waals surface area contributed by atoms with E-state index in [0.29, 0.717) is 5.15 Å². The fraction of sp³-hybridized carbons (Fsp3) is 0.273. The molecule has 0 aliphatic heterocycles. The molecule has 0 bridgehead atoms. The zero-order chi connectivity index (χ0) is 10.8. The Hall–Kier alpha value is -0.670. The number of rotatable bonds is 2. The summed E-state index contributed by atoms with van der Waals surface area (Å²) in [7, 11) is 0. The van der Waals surface area contributed by atoms with Crippen LogP contribution in [0.3, 0.4) is 0 Å². The molecule has 1 aromatic carbocycles. The third kappa shape index (κ3) is 2.13. The van der Waals surface area contributed by atoms with Crippen LogP contribution in [0.15, 0.2) is 22.7 Å². The Labute approximate surface area is 102 Å². The van der Waals surface area contributed by atoms with E-state index in [4.69, 9.17) is 11.6 Å².